The second-order valence-electron chi connectivity index (χ2n) is 5.93. The van der Waals surface area contributed by atoms with Gasteiger partial charge in [-0.05, 0) is 35.2 Å². The van der Waals surface area contributed by atoms with Crippen LogP contribution in [-0.4, -0.2) is 15.5 Å². The smallest absolute Gasteiger partial charge is 0.239 e. The molecular formula is C21H21NO3S. The van der Waals surface area contributed by atoms with E-state index in [0.29, 0.717) is 23.3 Å². The zero-order valence-corrected chi connectivity index (χ0v) is 15.6. The quantitative estimate of drug-likeness (QED) is 0.733. The largest absolute Gasteiger partial charge is 0.496 e. The zero-order chi connectivity index (χ0) is 18.7. The maximum absolute atomic E-state index is 12.4. The summed E-state index contributed by atoms with van der Waals surface area (Å²) < 4.78 is 30.2. The fraction of sp³-hybridized carbons (Fsp3) is 0.143. The number of methoxy groups -OCH3 is 1. The van der Waals surface area contributed by atoms with Gasteiger partial charge in [0, 0.05) is 11.1 Å². The van der Waals surface area contributed by atoms with Crippen molar-refractivity contribution in [3.63, 3.8) is 0 Å². The molecule has 4 nitrogen and oxygen atoms in total. The SMILES string of the molecule is CCc1c(OC)ccc(-c2ccccc2-c2ccccc2)c1S(N)(=O)=O. The molecule has 0 heterocycles. The average Bonchev–Trinajstić information content (AvgIpc) is 2.66. The monoisotopic (exact) mass is 367 g/mol. The van der Waals surface area contributed by atoms with Crippen LogP contribution in [0.15, 0.2) is 71.6 Å². The topological polar surface area (TPSA) is 69.4 Å². The first kappa shape index (κ1) is 18.2. The molecule has 2 N–H and O–H groups in total. The van der Waals surface area contributed by atoms with Crippen LogP contribution in [0.3, 0.4) is 0 Å². The highest BCUT2D eigenvalue weighted by Gasteiger charge is 2.24. The minimum atomic E-state index is -3.94. The lowest BCUT2D eigenvalue weighted by Gasteiger charge is -2.18. The van der Waals surface area contributed by atoms with Crippen LogP contribution in [0.1, 0.15) is 12.5 Å². The van der Waals surface area contributed by atoms with E-state index < -0.39 is 10.0 Å². The van der Waals surface area contributed by atoms with Gasteiger partial charge in [-0.1, -0.05) is 61.5 Å². The Labute approximate surface area is 154 Å². The summed E-state index contributed by atoms with van der Waals surface area (Å²) >= 11 is 0. The molecule has 26 heavy (non-hydrogen) atoms. The van der Waals surface area contributed by atoms with Gasteiger partial charge in [-0.15, -0.1) is 0 Å². The molecule has 0 fully saturated rings. The molecule has 0 bridgehead atoms. The maximum Gasteiger partial charge on any atom is 0.239 e. The standard InChI is InChI=1S/C21H21NO3S/c1-3-16-20(25-2)14-13-19(21(16)26(22,23)24)18-12-8-7-11-17(18)15-9-5-4-6-10-15/h4-14H,3H2,1-2H3,(H2,22,23,24). The Morgan fingerprint density at radius 2 is 1.46 bits per heavy atom. The van der Waals surface area contributed by atoms with Crippen molar-refractivity contribution < 1.29 is 13.2 Å². The molecule has 3 rings (SSSR count). The molecule has 3 aromatic rings. The van der Waals surface area contributed by atoms with Crippen LogP contribution < -0.4 is 9.88 Å². The van der Waals surface area contributed by atoms with Crippen molar-refractivity contribution in [2.75, 3.05) is 7.11 Å². The van der Waals surface area contributed by atoms with Gasteiger partial charge in [0.2, 0.25) is 10.0 Å². The highest BCUT2D eigenvalue weighted by molar-refractivity contribution is 7.89. The molecule has 0 unspecified atom stereocenters. The summed E-state index contributed by atoms with van der Waals surface area (Å²) in [5.41, 5.74) is 3.96. The van der Waals surface area contributed by atoms with Crippen molar-refractivity contribution in [2.45, 2.75) is 18.2 Å². The van der Waals surface area contributed by atoms with E-state index in [0.717, 1.165) is 16.7 Å². The number of hydrogen-bond donors (Lipinski definition) is 1. The third kappa shape index (κ3) is 3.36. The lowest BCUT2D eigenvalue weighted by atomic mass is 9.93. The number of nitrogens with two attached hydrogens (primary N) is 1. The molecule has 0 radical (unpaired) electrons. The van der Waals surface area contributed by atoms with Crippen molar-refractivity contribution in [3.8, 4) is 28.0 Å². The number of hydrogen-bond acceptors (Lipinski definition) is 3. The normalized spacial score (nSPS) is 11.3. The average molecular weight is 367 g/mol. The summed E-state index contributed by atoms with van der Waals surface area (Å²) in [6.45, 7) is 1.89. The Morgan fingerprint density at radius 3 is 2.04 bits per heavy atom. The number of rotatable bonds is 5. The van der Waals surface area contributed by atoms with Crippen LogP contribution in [0.5, 0.6) is 5.75 Å². The van der Waals surface area contributed by atoms with Crippen molar-refractivity contribution >= 4 is 10.0 Å². The zero-order valence-electron chi connectivity index (χ0n) is 14.8. The lowest BCUT2D eigenvalue weighted by molar-refractivity contribution is 0.408. The Hall–Kier alpha value is -2.63. The van der Waals surface area contributed by atoms with Gasteiger partial charge in [0.25, 0.3) is 0 Å². The molecule has 5 heteroatoms. The molecule has 0 spiro atoms. The van der Waals surface area contributed by atoms with Crippen molar-refractivity contribution in [1.29, 1.82) is 0 Å². The van der Waals surface area contributed by atoms with Crippen LogP contribution in [0.4, 0.5) is 0 Å². The van der Waals surface area contributed by atoms with Gasteiger partial charge in [-0.3, -0.25) is 0 Å². The van der Waals surface area contributed by atoms with Crippen molar-refractivity contribution in [3.05, 3.63) is 72.3 Å². The predicted molar refractivity (Wildman–Crippen MR) is 105 cm³/mol. The first-order chi connectivity index (χ1) is 12.5. The van der Waals surface area contributed by atoms with Gasteiger partial charge in [0.05, 0.1) is 12.0 Å². The van der Waals surface area contributed by atoms with Crippen LogP contribution in [0.25, 0.3) is 22.3 Å². The van der Waals surface area contributed by atoms with E-state index in [1.807, 2.05) is 61.5 Å². The molecule has 0 aromatic heterocycles. The van der Waals surface area contributed by atoms with Crippen LogP contribution in [-0.2, 0) is 16.4 Å². The van der Waals surface area contributed by atoms with Crippen LogP contribution in [0.2, 0.25) is 0 Å². The highest BCUT2D eigenvalue weighted by Crippen LogP contribution is 2.39. The third-order valence-corrected chi connectivity index (χ3v) is 5.41. The summed E-state index contributed by atoms with van der Waals surface area (Å²) in [5.74, 6) is 0.525. The maximum atomic E-state index is 12.4. The summed E-state index contributed by atoms with van der Waals surface area (Å²) in [7, 11) is -2.41. The molecule has 0 aliphatic rings. The van der Waals surface area contributed by atoms with Gasteiger partial charge in [-0.25, -0.2) is 13.6 Å². The van der Waals surface area contributed by atoms with E-state index in [1.54, 1.807) is 12.1 Å². The minimum Gasteiger partial charge on any atom is -0.496 e. The second-order valence-corrected chi connectivity index (χ2v) is 7.43. The molecular weight excluding hydrogens is 346 g/mol. The fourth-order valence-corrected chi connectivity index (χ4v) is 4.33. The third-order valence-electron chi connectivity index (χ3n) is 4.38. The van der Waals surface area contributed by atoms with E-state index in [-0.39, 0.29) is 4.90 Å². The summed E-state index contributed by atoms with van der Waals surface area (Å²) in [6.07, 6.45) is 0.496. The molecule has 0 saturated heterocycles. The Bertz CT molecular complexity index is 1030. The van der Waals surface area contributed by atoms with Crippen LogP contribution in [0, 0.1) is 0 Å². The molecule has 0 amide bonds. The van der Waals surface area contributed by atoms with Gasteiger partial charge in [-0.2, -0.15) is 0 Å². The van der Waals surface area contributed by atoms with E-state index in [4.69, 9.17) is 9.88 Å². The second kappa shape index (κ2) is 7.32. The summed E-state index contributed by atoms with van der Waals surface area (Å²) in [4.78, 5) is 0.128. The number of sulfonamides is 1. The van der Waals surface area contributed by atoms with E-state index in [9.17, 15) is 8.42 Å². The minimum absolute atomic E-state index is 0.128. The molecule has 134 valence electrons. The molecule has 0 saturated carbocycles. The summed E-state index contributed by atoms with van der Waals surface area (Å²) in [5, 5.41) is 5.60. The molecule has 3 aromatic carbocycles. The lowest BCUT2D eigenvalue weighted by Crippen LogP contribution is -2.16. The highest BCUT2D eigenvalue weighted by atomic mass is 32.2. The number of primary sulfonamides is 1. The Balaban J connectivity index is 2.37. The van der Waals surface area contributed by atoms with E-state index in [2.05, 4.69) is 0 Å². The van der Waals surface area contributed by atoms with Gasteiger partial charge in [0.15, 0.2) is 0 Å². The first-order valence-corrected chi connectivity index (χ1v) is 9.89. The molecule has 0 aliphatic carbocycles. The van der Waals surface area contributed by atoms with E-state index in [1.165, 1.54) is 7.11 Å². The molecule has 0 aliphatic heterocycles. The molecule has 0 atom stereocenters. The van der Waals surface area contributed by atoms with Gasteiger partial charge >= 0.3 is 0 Å². The van der Waals surface area contributed by atoms with Crippen molar-refractivity contribution in [1.82, 2.24) is 0 Å². The van der Waals surface area contributed by atoms with Gasteiger partial charge in [0.1, 0.15) is 5.75 Å². The summed E-state index contributed by atoms with van der Waals surface area (Å²) in [6, 6.07) is 21.1. The Morgan fingerprint density at radius 1 is 0.846 bits per heavy atom. The Kier molecular flexibility index (Phi) is 5.11. The predicted octanol–water partition coefficient (Wildman–Crippen LogP) is 4.24. The number of benzene rings is 3. The van der Waals surface area contributed by atoms with Crippen molar-refractivity contribution in [2.24, 2.45) is 5.14 Å². The van der Waals surface area contributed by atoms with Gasteiger partial charge < -0.3 is 4.74 Å². The van der Waals surface area contributed by atoms with E-state index >= 15 is 0 Å². The first-order valence-electron chi connectivity index (χ1n) is 8.34. The number of ether oxygens (including phenoxy) is 1. The van der Waals surface area contributed by atoms with Crippen LogP contribution >= 0.6 is 0 Å². The fourth-order valence-electron chi connectivity index (χ4n) is 3.26.